The van der Waals surface area contributed by atoms with Crippen molar-refractivity contribution in [2.24, 2.45) is 5.73 Å². The summed E-state index contributed by atoms with van der Waals surface area (Å²) in [5, 5.41) is 0. The van der Waals surface area contributed by atoms with Crippen molar-refractivity contribution in [2.75, 3.05) is 17.7 Å². The first-order chi connectivity index (χ1) is 9.06. The Labute approximate surface area is 111 Å². The van der Waals surface area contributed by atoms with Gasteiger partial charge in [0.15, 0.2) is 0 Å². The van der Waals surface area contributed by atoms with Crippen LogP contribution in [0.5, 0.6) is 0 Å². The Hall–Kier alpha value is -2.56. The molecule has 5 heteroatoms. The first kappa shape index (κ1) is 12.9. The van der Waals surface area contributed by atoms with E-state index in [9.17, 15) is 4.79 Å². The minimum Gasteiger partial charge on any atom is -0.399 e. The molecule has 0 aliphatic rings. The smallest absolute Gasteiger partial charge is 0.267 e. The van der Waals surface area contributed by atoms with Gasteiger partial charge in [-0.3, -0.25) is 9.78 Å². The molecule has 0 atom stereocenters. The Morgan fingerprint density at radius 3 is 2.58 bits per heavy atom. The number of nitrogens with zero attached hydrogens (tertiary/aromatic N) is 2. The third-order valence-electron chi connectivity index (χ3n) is 2.84. The van der Waals surface area contributed by atoms with Crippen molar-refractivity contribution in [1.82, 2.24) is 4.98 Å². The minimum absolute atomic E-state index is 0.265. The number of anilines is 2. The molecule has 0 saturated heterocycles. The molecule has 2 rings (SSSR count). The third-order valence-corrected chi connectivity index (χ3v) is 2.84. The number of nitrogen functional groups attached to an aromatic ring is 1. The monoisotopic (exact) mass is 256 g/mol. The molecule has 1 amide bonds. The second kappa shape index (κ2) is 5.39. The molecule has 0 aliphatic carbocycles. The van der Waals surface area contributed by atoms with Gasteiger partial charge in [-0.05, 0) is 29.8 Å². The van der Waals surface area contributed by atoms with Gasteiger partial charge in [0.1, 0.15) is 5.69 Å². The Balaban J connectivity index is 2.15. The van der Waals surface area contributed by atoms with Crippen molar-refractivity contribution in [3.8, 4) is 0 Å². The molecule has 1 aromatic carbocycles. The molecule has 19 heavy (non-hydrogen) atoms. The number of carbonyl (C=O) groups is 1. The number of primary amides is 1. The summed E-state index contributed by atoms with van der Waals surface area (Å²) in [7, 11) is 1.94. The quantitative estimate of drug-likeness (QED) is 0.810. The number of carbonyl (C=O) groups excluding carboxylic acids is 1. The fourth-order valence-electron chi connectivity index (χ4n) is 1.78. The normalized spacial score (nSPS) is 10.2. The van der Waals surface area contributed by atoms with E-state index >= 15 is 0 Å². The lowest BCUT2D eigenvalue weighted by Gasteiger charge is -2.19. The number of hydrogen-bond acceptors (Lipinski definition) is 4. The molecule has 5 nitrogen and oxygen atoms in total. The van der Waals surface area contributed by atoms with Crippen molar-refractivity contribution in [1.29, 1.82) is 0 Å². The van der Waals surface area contributed by atoms with Gasteiger partial charge >= 0.3 is 0 Å². The lowest BCUT2D eigenvalue weighted by Crippen LogP contribution is -2.18. The average Bonchev–Trinajstić information content (AvgIpc) is 2.41. The van der Waals surface area contributed by atoms with Crippen molar-refractivity contribution >= 4 is 17.3 Å². The summed E-state index contributed by atoms with van der Waals surface area (Å²) in [6.45, 7) is 0.711. The van der Waals surface area contributed by atoms with Gasteiger partial charge in [-0.1, -0.05) is 12.1 Å². The molecular formula is C14H16N4O. The second-order valence-electron chi connectivity index (χ2n) is 4.36. The molecule has 0 bridgehead atoms. The van der Waals surface area contributed by atoms with Crippen LogP contribution in [0.25, 0.3) is 0 Å². The van der Waals surface area contributed by atoms with Crippen LogP contribution in [-0.4, -0.2) is 17.9 Å². The van der Waals surface area contributed by atoms with Gasteiger partial charge in [0.05, 0.1) is 0 Å². The Kier molecular flexibility index (Phi) is 3.66. The maximum atomic E-state index is 11.1. The molecule has 0 aliphatic heterocycles. The highest BCUT2D eigenvalue weighted by Crippen LogP contribution is 2.16. The maximum absolute atomic E-state index is 11.1. The summed E-state index contributed by atoms with van der Waals surface area (Å²) < 4.78 is 0. The highest BCUT2D eigenvalue weighted by atomic mass is 16.1. The maximum Gasteiger partial charge on any atom is 0.267 e. The van der Waals surface area contributed by atoms with Gasteiger partial charge in [0.25, 0.3) is 5.91 Å². The average molecular weight is 256 g/mol. The number of pyridine rings is 1. The largest absolute Gasteiger partial charge is 0.399 e. The SMILES string of the molecule is CN(Cc1ccc(N)cc1)c1ccnc(C(N)=O)c1. The summed E-state index contributed by atoms with van der Waals surface area (Å²) in [5.74, 6) is -0.525. The lowest BCUT2D eigenvalue weighted by molar-refractivity contribution is 0.0995. The van der Waals surface area contributed by atoms with Crippen LogP contribution in [0.2, 0.25) is 0 Å². The Bertz CT molecular complexity index is 580. The van der Waals surface area contributed by atoms with Crippen molar-refractivity contribution in [2.45, 2.75) is 6.54 Å². The zero-order valence-electron chi connectivity index (χ0n) is 10.7. The number of hydrogen-bond donors (Lipinski definition) is 2. The van der Waals surface area contributed by atoms with Crippen LogP contribution >= 0.6 is 0 Å². The molecule has 0 unspecified atom stereocenters. The summed E-state index contributed by atoms with van der Waals surface area (Å²) in [4.78, 5) is 17.0. The van der Waals surface area contributed by atoms with E-state index in [0.29, 0.717) is 6.54 Å². The van der Waals surface area contributed by atoms with E-state index in [-0.39, 0.29) is 5.69 Å². The predicted octanol–water partition coefficient (Wildman–Crippen LogP) is 1.40. The lowest BCUT2D eigenvalue weighted by atomic mass is 10.2. The zero-order chi connectivity index (χ0) is 13.8. The number of nitrogens with two attached hydrogens (primary N) is 2. The van der Waals surface area contributed by atoms with Crippen LogP contribution in [0.15, 0.2) is 42.6 Å². The van der Waals surface area contributed by atoms with Gasteiger partial charge < -0.3 is 16.4 Å². The van der Waals surface area contributed by atoms with Gasteiger partial charge in [0, 0.05) is 31.2 Å². The first-order valence-corrected chi connectivity index (χ1v) is 5.87. The van der Waals surface area contributed by atoms with Crippen LogP contribution < -0.4 is 16.4 Å². The zero-order valence-corrected chi connectivity index (χ0v) is 10.7. The molecule has 0 spiro atoms. The molecule has 0 fully saturated rings. The van der Waals surface area contributed by atoms with E-state index < -0.39 is 5.91 Å². The molecule has 0 radical (unpaired) electrons. The molecule has 1 heterocycles. The highest BCUT2D eigenvalue weighted by molar-refractivity contribution is 5.91. The van der Waals surface area contributed by atoms with E-state index in [1.165, 1.54) is 0 Å². The fraction of sp³-hybridized carbons (Fsp3) is 0.143. The van der Waals surface area contributed by atoms with E-state index in [1.807, 2.05) is 42.3 Å². The highest BCUT2D eigenvalue weighted by Gasteiger charge is 2.07. The predicted molar refractivity (Wildman–Crippen MR) is 75.7 cm³/mol. The van der Waals surface area contributed by atoms with E-state index in [0.717, 1.165) is 16.9 Å². The standard InChI is InChI=1S/C14H16N4O/c1-18(9-10-2-4-11(15)5-3-10)12-6-7-17-13(8-12)14(16)19/h2-8H,9,15H2,1H3,(H2,16,19). The number of rotatable bonds is 4. The number of aromatic nitrogens is 1. The first-order valence-electron chi connectivity index (χ1n) is 5.87. The molecule has 1 aromatic heterocycles. The Morgan fingerprint density at radius 2 is 1.95 bits per heavy atom. The molecule has 0 saturated carbocycles. The van der Waals surface area contributed by atoms with E-state index in [4.69, 9.17) is 11.5 Å². The van der Waals surface area contributed by atoms with Crippen LogP contribution in [0.1, 0.15) is 16.1 Å². The topological polar surface area (TPSA) is 85.2 Å². The van der Waals surface area contributed by atoms with Gasteiger partial charge in [0.2, 0.25) is 0 Å². The summed E-state index contributed by atoms with van der Waals surface area (Å²) in [5.41, 5.74) is 13.9. The fourth-order valence-corrected chi connectivity index (χ4v) is 1.78. The second-order valence-corrected chi connectivity index (χ2v) is 4.36. The molecule has 98 valence electrons. The van der Waals surface area contributed by atoms with Crippen molar-refractivity contribution in [3.63, 3.8) is 0 Å². The Morgan fingerprint density at radius 1 is 1.26 bits per heavy atom. The van der Waals surface area contributed by atoms with Crippen LogP contribution in [0.4, 0.5) is 11.4 Å². The van der Waals surface area contributed by atoms with Crippen molar-refractivity contribution in [3.05, 3.63) is 53.9 Å². The van der Waals surface area contributed by atoms with Crippen LogP contribution in [-0.2, 0) is 6.54 Å². The van der Waals surface area contributed by atoms with Crippen molar-refractivity contribution < 1.29 is 4.79 Å². The van der Waals surface area contributed by atoms with E-state index in [1.54, 1.807) is 12.3 Å². The van der Waals surface area contributed by atoms with Gasteiger partial charge in [-0.15, -0.1) is 0 Å². The summed E-state index contributed by atoms with van der Waals surface area (Å²) in [6.07, 6.45) is 1.58. The number of amides is 1. The van der Waals surface area contributed by atoms with E-state index in [2.05, 4.69) is 4.98 Å². The molecule has 4 N–H and O–H groups in total. The molecule has 2 aromatic rings. The summed E-state index contributed by atoms with van der Waals surface area (Å²) in [6, 6.07) is 11.2. The van der Waals surface area contributed by atoms with Gasteiger partial charge in [-0.25, -0.2) is 0 Å². The van der Waals surface area contributed by atoms with Crippen LogP contribution in [0.3, 0.4) is 0 Å². The number of benzene rings is 1. The molecular weight excluding hydrogens is 240 g/mol. The van der Waals surface area contributed by atoms with Crippen LogP contribution in [0, 0.1) is 0 Å². The van der Waals surface area contributed by atoms with Gasteiger partial charge in [-0.2, -0.15) is 0 Å². The third kappa shape index (κ3) is 3.22. The minimum atomic E-state index is -0.525. The summed E-state index contributed by atoms with van der Waals surface area (Å²) >= 11 is 0.